The van der Waals surface area contributed by atoms with Crippen LogP contribution in [-0.2, 0) is 9.59 Å². The molecule has 4 heteroatoms. The molecule has 0 atom stereocenters. The van der Waals surface area contributed by atoms with Gasteiger partial charge >= 0.3 is 0 Å². The Kier molecular flexibility index (Phi) is 4.50. The van der Waals surface area contributed by atoms with E-state index in [1.165, 1.54) is 4.90 Å². The minimum Gasteiger partial charge on any atom is -0.268 e. The molecule has 3 aromatic carbocycles. The number of aryl methyl sites for hydroxylation is 1. The number of amides is 2. The van der Waals surface area contributed by atoms with Crippen LogP contribution >= 0.6 is 15.9 Å². The topological polar surface area (TPSA) is 37.4 Å². The molecule has 1 aliphatic heterocycles. The van der Waals surface area contributed by atoms with Gasteiger partial charge in [0.1, 0.15) is 0 Å². The van der Waals surface area contributed by atoms with Gasteiger partial charge in [-0.3, -0.25) is 9.59 Å². The van der Waals surface area contributed by atoms with Gasteiger partial charge in [-0.25, -0.2) is 4.90 Å². The molecule has 132 valence electrons. The van der Waals surface area contributed by atoms with Crippen molar-refractivity contribution in [2.24, 2.45) is 0 Å². The van der Waals surface area contributed by atoms with E-state index in [0.717, 1.165) is 21.2 Å². The molecule has 0 saturated heterocycles. The van der Waals surface area contributed by atoms with Crippen LogP contribution in [0.1, 0.15) is 16.7 Å². The number of carbonyl (C=O) groups excluding carboxylic acids is 2. The highest BCUT2D eigenvalue weighted by Crippen LogP contribution is 2.38. The minimum atomic E-state index is -0.302. The average molecular weight is 418 g/mol. The maximum absolute atomic E-state index is 13.3. The first-order valence-corrected chi connectivity index (χ1v) is 9.36. The molecule has 0 saturated carbocycles. The number of benzene rings is 3. The van der Waals surface area contributed by atoms with E-state index < -0.39 is 0 Å². The maximum Gasteiger partial charge on any atom is 0.266 e. The van der Waals surface area contributed by atoms with E-state index in [9.17, 15) is 9.59 Å². The average Bonchev–Trinajstić information content (AvgIpc) is 2.94. The Morgan fingerprint density at radius 1 is 0.667 bits per heavy atom. The third kappa shape index (κ3) is 3.13. The Hall–Kier alpha value is -2.98. The van der Waals surface area contributed by atoms with Crippen LogP contribution in [0.4, 0.5) is 5.69 Å². The summed E-state index contributed by atoms with van der Waals surface area (Å²) in [5, 5.41) is 0. The number of nitrogens with zero attached hydrogens (tertiary/aromatic N) is 1. The Bertz CT molecular complexity index is 1050. The van der Waals surface area contributed by atoms with Gasteiger partial charge in [0.25, 0.3) is 11.8 Å². The van der Waals surface area contributed by atoms with Crippen LogP contribution in [0.2, 0.25) is 0 Å². The third-order valence-corrected chi connectivity index (χ3v) is 5.10. The van der Waals surface area contributed by atoms with Crippen LogP contribution in [0, 0.1) is 6.92 Å². The van der Waals surface area contributed by atoms with Crippen molar-refractivity contribution in [2.45, 2.75) is 6.92 Å². The predicted octanol–water partition coefficient (Wildman–Crippen LogP) is 5.24. The fourth-order valence-corrected chi connectivity index (χ4v) is 3.48. The molecule has 4 rings (SSSR count). The van der Waals surface area contributed by atoms with Crippen molar-refractivity contribution >= 4 is 44.6 Å². The molecule has 3 aromatic rings. The normalized spacial score (nSPS) is 14.2. The van der Waals surface area contributed by atoms with Crippen molar-refractivity contribution < 1.29 is 9.59 Å². The summed E-state index contributed by atoms with van der Waals surface area (Å²) in [6.45, 7) is 1.99. The van der Waals surface area contributed by atoms with Crippen LogP contribution in [0.25, 0.3) is 11.1 Å². The maximum atomic E-state index is 13.3. The summed E-state index contributed by atoms with van der Waals surface area (Å²) in [5.74, 6) is -0.603. The highest BCUT2D eigenvalue weighted by atomic mass is 79.9. The van der Waals surface area contributed by atoms with Crippen LogP contribution in [0.15, 0.2) is 83.3 Å². The molecule has 27 heavy (non-hydrogen) atoms. The molecule has 1 aliphatic rings. The van der Waals surface area contributed by atoms with Gasteiger partial charge in [0.05, 0.1) is 16.8 Å². The second kappa shape index (κ2) is 6.97. The van der Waals surface area contributed by atoms with Gasteiger partial charge in [0.2, 0.25) is 0 Å². The first-order chi connectivity index (χ1) is 13.1. The lowest BCUT2D eigenvalue weighted by Gasteiger charge is -2.15. The fourth-order valence-electron chi connectivity index (χ4n) is 3.22. The van der Waals surface area contributed by atoms with Gasteiger partial charge in [-0.1, -0.05) is 76.1 Å². The molecule has 0 spiro atoms. The summed E-state index contributed by atoms with van der Waals surface area (Å²) in [6, 6.07) is 24.2. The lowest BCUT2D eigenvalue weighted by molar-refractivity contribution is -0.119. The van der Waals surface area contributed by atoms with Crippen molar-refractivity contribution in [3.05, 3.63) is 100 Å². The summed E-state index contributed by atoms with van der Waals surface area (Å²) in [7, 11) is 0. The number of carbonyl (C=O) groups is 2. The van der Waals surface area contributed by atoms with Gasteiger partial charge < -0.3 is 0 Å². The zero-order valence-corrected chi connectivity index (χ0v) is 16.2. The first kappa shape index (κ1) is 17.4. The summed E-state index contributed by atoms with van der Waals surface area (Å²) in [6.07, 6.45) is 0. The van der Waals surface area contributed by atoms with Crippen LogP contribution in [0.3, 0.4) is 0 Å². The quantitative estimate of drug-likeness (QED) is 0.546. The number of hydrogen-bond donors (Lipinski definition) is 0. The SMILES string of the molecule is Cc1ccc(C2=C(c3ccccc3)C(=O)N(c3ccc(Br)cc3)C2=O)cc1. The first-order valence-electron chi connectivity index (χ1n) is 8.57. The molecule has 3 nitrogen and oxygen atoms in total. The molecule has 0 unspecified atom stereocenters. The summed E-state index contributed by atoms with van der Waals surface area (Å²) < 4.78 is 0.889. The zero-order chi connectivity index (χ0) is 19.0. The van der Waals surface area contributed by atoms with Gasteiger partial charge in [-0.15, -0.1) is 0 Å². The monoisotopic (exact) mass is 417 g/mol. The smallest absolute Gasteiger partial charge is 0.266 e. The van der Waals surface area contributed by atoms with Crippen molar-refractivity contribution in [2.75, 3.05) is 4.90 Å². The summed E-state index contributed by atoms with van der Waals surface area (Å²) in [5.41, 5.74) is 4.02. The molecule has 1 heterocycles. The van der Waals surface area contributed by atoms with Gasteiger partial charge in [0, 0.05) is 4.47 Å². The molecule has 2 amide bonds. The van der Waals surface area contributed by atoms with Crippen LogP contribution < -0.4 is 4.90 Å². The Balaban J connectivity index is 1.90. The van der Waals surface area contributed by atoms with E-state index in [0.29, 0.717) is 16.8 Å². The van der Waals surface area contributed by atoms with Crippen molar-refractivity contribution in [1.29, 1.82) is 0 Å². The fraction of sp³-hybridized carbons (Fsp3) is 0.0435. The minimum absolute atomic E-state index is 0.301. The number of halogens is 1. The van der Waals surface area contributed by atoms with Crippen molar-refractivity contribution in [3.63, 3.8) is 0 Å². The molecule has 0 bridgehead atoms. The number of imide groups is 1. The predicted molar refractivity (Wildman–Crippen MR) is 111 cm³/mol. The van der Waals surface area contributed by atoms with E-state index >= 15 is 0 Å². The molecule has 0 aliphatic carbocycles. The lowest BCUT2D eigenvalue weighted by Crippen LogP contribution is -2.31. The third-order valence-electron chi connectivity index (χ3n) is 4.57. The largest absolute Gasteiger partial charge is 0.268 e. The van der Waals surface area contributed by atoms with E-state index in [1.54, 1.807) is 12.1 Å². The van der Waals surface area contributed by atoms with Crippen LogP contribution in [-0.4, -0.2) is 11.8 Å². The molecule has 0 N–H and O–H groups in total. The molecular weight excluding hydrogens is 402 g/mol. The molecule has 0 fully saturated rings. The Morgan fingerprint density at radius 2 is 1.19 bits per heavy atom. The van der Waals surface area contributed by atoms with Gasteiger partial charge in [-0.05, 0) is 42.3 Å². The van der Waals surface area contributed by atoms with E-state index in [4.69, 9.17) is 0 Å². The number of anilines is 1. The lowest BCUT2D eigenvalue weighted by atomic mass is 9.96. The molecule has 0 aromatic heterocycles. The van der Waals surface area contributed by atoms with Gasteiger partial charge in [0.15, 0.2) is 0 Å². The van der Waals surface area contributed by atoms with E-state index in [-0.39, 0.29) is 11.8 Å². The highest BCUT2D eigenvalue weighted by Gasteiger charge is 2.40. The van der Waals surface area contributed by atoms with Crippen LogP contribution in [0.5, 0.6) is 0 Å². The summed E-state index contributed by atoms with van der Waals surface area (Å²) >= 11 is 3.39. The summed E-state index contributed by atoms with van der Waals surface area (Å²) in [4.78, 5) is 27.8. The number of hydrogen-bond acceptors (Lipinski definition) is 2. The van der Waals surface area contributed by atoms with Gasteiger partial charge in [-0.2, -0.15) is 0 Å². The zero-order valence-electron chi connectivity index (χ0n) is 14.6. The standard InChI is InChI=1S/C23H16BrNO2/c1-15-7-9-17(10-8-15)21-20(16-5-3-2-4-6-16)22(26)25(23(21)27)19-13-11-18(24)12-14-19/h2-14H,1H3. The van der Waals surface area contributed by atoms with E-state index in [2.05, 4.69) is 15.9 Å². The Labute approximate surface area is 166 Å². The second-order valence-corrected chi connectivity index (χ2v) is 7.32. The molecule has 0 radical (unpaired) electrons. The highest BCUT2D eigenvalue weighted by molar-refractivity contribution is 9.10. The van der Waals surface area contributed by atoms with Crippen molar-refractivity contribution in [3.8, 4) is 0 Å². The molecular formula is C23H16BrNO2. The number of rotatable bonds is 3. The van der Waals surface area contributed by atoms with E-state index in [1.807, 2.05) is 73.7 Å². The Morgan fingerprint density at radius 3 is 1.74 bits per heavy atom. The van der Waals surface area contributed by atoms with Crippen molar-refractivity contribution in [1.82, 2.24) is 0 Å². The second-order valence-electron chi connectivity index (χ2n) is 6.40.